The highest BCUT2D eigenvalue weighted by molar-refractivity contribution is 5.48. The molecule has 0 aliphatic rings. The van der Waals surface area contributed by atoms with Gasteiger partial charge in [-0.05, 0) is 36.8 Å². The lowest BCUT2D eigenvalue weighted by molar-refractivity contribution is 0.627. The Morgan fingerprint density at radius 2 is 2.27 bits per heavy atom. The zero-order chi connectivity index (χ0) is 8.10. The van der Waals surface area contributed by atoms with Crippen molar-refractivity contribution >= 4 is 6.08 Å². The summed E-state index contributed by atoms with van der Waals surface area (Å²) in [4.78, 5) is 0. The first kappa shape index (κ1) is 7.77. The van der Waals surface area contributed by atoms with E-state index in [1.54, 1.807) is 18.2 Å². The molecular formula is C10H9F. The minimum Gasteiger partial charge on any atom is -0.207 e. The number of hydrogen-bond donors (Lipinski definition) is 0. The predicted octanol–water partition coefficient (Wildman–Crippen LogP) is 3.01. The fraction of sp³-hybridized carbons (Fsp3) is 0.100. The highest BCUT2D eigenvalue weighted by Crippen LogP contribution is 2.03. The maximum Gasteiger partial charge on any atom is 0.123 e. The second-order valence-corrected chi connectivity index (χ2v) is 2.15. The molecule has 0 saturated heterocycles. The van der Waals surface area contributed by atoms with Gasteiger partial charge in [0.15, 0.2) is 0 Å². The molecule has 0 aliphatic carbocycles. The molecule has 0 nitrogen and oxygen atoms in total. The van der Waals surface area contributed by atoms with Crippen molar-refractivity contribution in [3.8, 4) is 0 Å². The largest absolute Gasteiger partial charge is 0.207 e. The molecule has 0 fully saturated rings. The lowest BCUT2D eigenvalue weighted by atomic mass is 10.2. The van der Waals surface area contributed by atoms with Gasteiger partial charge in [0.05, 0.1) is 0 Å². The van der Waals surface area contributed by atoms with Crippen molar-refractivity contribution in [1.82, 2.24) is 0 Å². The molecule has 0 bridgehead atoms. The number of allylic oxidation sites excluding steroid dienone is 1. The number of benzene rings is 1. The zero-order valence-electron chi connectivity index (χ0n) is 6.34. The van der Waals surface area contributed by atoms with Crippen molar-refractivity contribution in [2.24, 2.45) is 0 Å². The Labute approximate surface area is 65.7 Å². The molecule has 0 heterocycles. The molecule has 1 heteroatoms. The van der Waals surface area contributed by atoms with Crippen LogP contribution in [0.15, 0.2) is 36.1 Å². The van der Waals surface area contributed by atoms with Gasteiger partial charge in [-0.2, -0.15) is 0 Å². The molecule has 0 aliphatic heterocycles. The van der Waals surface area contributed by atoms with Crippen molar-refractivity contribution < 1.29 is 4.39 Å². The first-order valence-electron chi connectivity index (χ1n) is 3.45. The van der Waals surface area contributed by atoms with E-state index in [1.165, 1.54) is 12.1 Å². The number of halogens is 1. The molecule has 0 spiro atoms. The predicted molar refractivity (Wildman–Crippen MR) is 44.6 cm³/mol. The molecule has 56 valence electrons. The average Bonchev–Trinajstić information content (AvgIpc) is 2.01. The van der Waals surface area contributed by atoms with Crippen LogP contribution in [0, 0.1) is 5.82 Å². The lowest BCUT2D eigenvalue weighted by Gasteiger charge is -1.89. The van der Waals surface area contributed by atoms with E-state index in [0.29, 0.717) is 0 Å². The van der Waals surface area contributed by atoms with E-state index in [4.69, 9.17) is 0 Å². The van der Waals surface area contributed by atoms with Gasteiger partial charge in [-0.1, -0.05) is 12.1 Å². The van der Waals surface area contributed by atoms with Crippen LogP contribution in [-0.2, 0) is 0 Å². The Hall–Kier alpha value is -1.33. The van der Waals surface area contributed by atoms with Crippen LogP contribution >= 0.6 is 0 Å². The third-order valence-electron chi connectivity index (χ3n) is 1.27. The smallest absolute Gasteiger partial charge is 0.123 e. The average molecular weight is 148 g/mol. The van der Waals surface area contributed by atoms with Crippen molar-refractivity contribution in [3.05, 3.63) is 47.5 Å². The van der Waals surface area contributed by atoms with Crippen LogP contribution in [0.1, 0.15) is 12.5 Å². The van der Waals surface area contributed by atoms with Gasteiger partial charge in [-0.3, -0.25) is 0 Å². The van der Waals surface area contributed by atoms with Crippen molar-refractivity contribution in [1.29, 1.82) is 0 Å². The fourth-order valence-corrected chi connectivity index (χ4v) is 0.776. The van der Waals surface area contributed by atoms with Crippen molar-refractivity contribution in [2.75, 3.05) is 0 Å². The summed E-state index contributed by atoms with van der Waals surface area (Å²) in [5.74, 6) is -0.211. The Kier molecular flexibility index (Phi) is 2.65. The molecule has 1 rings (SSSR count). The van der Waals surface area contributed by atoms with Crippen LogP contribution in [0.5, 0.6) is 0 Å². The van der Waals surface area contributed by atoms with Gasteiger partial charge in [0.1, 0.15) is 5.82 Å². The van der Waals surface area contributed by atoms with Crippen molar-refractivity contribution in [2.45, 2.75) is 6.92 Å². The fourth-order valence-electron chi connectivity index (χ4n) is 0.776. The Balaban J connectivity index is 2.97. The summed E-state index contributed by atoms with van der Waals surface area (Å²) in [5, 5.41) is 0. The maximum absolute atomic E-state index is 12.5. The quantitative estimate of drug-likeness (QED) is 0.537. The summed E-state index contributed by atoms with van der Waals surface area (Å²) in [5.41, 5.74) is 3.71. The van der Waals surface area contributed by atoms with E-state index in [-0.39, 0.29) is 5.82 Å². The zero-order valence-corrected chi connectivity index (χ0v) is 6.34. The minimum atomic E-state index is -0.211. The summed E-state index contributed by atoms with van der Waals surface area (Å²) >= 11 is 0. The molecule has 0 unspecified atom stereocenters. The van der Waals surface area contributed by atoms with Crippen LogP contribution in [0.4, 0.5) is 4.39 Å². The second-order valence-electron chi connectivity index (χ2n) is 2.15. The van der Waals surface area contributed by atoms with Gasteiger partial charge in [-0.15, -0.1) is 5.73 Å². The molecule has 0 aromatic heterocycles. The highest BCUT2D eigenvalue weighted by Gasteiger charge is 1.87. The van der Waals surface area contributed by atoms with Gasteiger partial charge < -0.3 is 0 Å². The molecule has 0 N–H and O–H groups in total. The number of hydrogen-bond acceptors (Lipinski definition) is 0. The number of rotatable bonds is 1. The van der Waals surface area contributed by atoms with Crippen LogP contribution < -0.4 is 0 Å². The van der Waals surface area contributed by atoms with E-state index >= 15 is 0 Å². The summed E-state index contributed by atoms with van der Waals surface area (Å²) in [6.45, 7) is 1.87. The third kappa shape index (κ3) is 2.40. The molecule has 1 aromatic carbocycles. The van der Waals surface area contributed by atoms with Gasteiger partial charge in [0, 0.05) is 0 Å². The van der Waals surface area contributed by atoms with Gasteiger partial charge >= 0.3 is 0 Å². The van der Waals surface area contributed by atoms with Crippen LogP contribution in [0.3, 0.4) is 0 Å². The first-order chi connectivity index (χ1) is 5.33. The molecule has 11 heavy (non-hydrogen) atoms. The van der Waals surface area contributed by atoms with Gasteiger partial charge in [0.25, 0.3) is 0 Å². The maximum atomic E-state index is 12.5. The highest BCUT2D eigenvalue weighted by atomic mass is 19.1. The minimum absolute atomic E-state index is 0.211. The van der Waals surface area contributed by atoms with E-state index in [9.17, 15) is 4.39 Å². The molecule has 0 atom stereocenters. The SMILES string of the molecule is CC=C=Cc1cccc(F)c1. The Bertz CT molecular complexity index is 293. The van der Waals surface area contributed by atoms with E-state index in [1.807, 2.05) is 13.0 Å². The first-order valence-corrected chi connectivity index (χ1v) is 3.45. The Morgan fingerprint density at radius 1 is 1.45 bits per heavy atom. The lowest BCUT2D eigenvalue weighted by Crippen LogP contribution is -1.73. The van der Waals surface area contributed by atoms with Gasteiger partial charge in [0.2, 0.25) is 0 Å². The molecule has 1 aromatic rings. The van der Waals surface area contributed by atoms with E-state index in [0.717, 1.165) is 5.56 Å². The summed E-state index contributed by atoms with van der Waals surface area (Å²) < 4.78 is 12.5. The van der Waals surface area contributed by atoms with Crippen molar-refractivity contribution in [3.63, 3.8) is 0 Å². The van der Waals surface area contributed by atoms with Crippen LogP contribution in [0.25, 0.3) is 6.08 Å². The normalized spacial score (nSPS) is 8.55. The van der Waals surface area contributed by atoms with Gasteiger partial charge in [-0.25, -0.2) is 4.39 Å². The second kappa shape index (κ2) is 3.75. The topological polar surface area (TPSA) is 0 Å². The van der Waals surface area contributed by atoms with E-state index in [2.05, 4.69) is 5.73 Å². The molecule has 0 saturated carbocycles. The summed E-state index contributed by atoms with van der Waals surface area (Å²) in [7, 11) is 0. The molecular weight excluding hydrogens is 139 g/mol. The summed E-state index contributed by atoms with van der Waals surface area (Å²) in [6.07, 6.45) is 3.52. The standard InChI is InChI=1S/C10H9F/c1-2-3-5-9-6-4-7-10(11)8-9/h2,4-8H,1H3. The monoisotopic (exact) mass is 148 g/mol. The third-order valence-corrected chi connectivity index (χ3v) is 1.27. The molecule has 0 radical (unpaired) electrons. The van der Waals surface area contributed by atoms with Crippen LogP contribution in [-0.4, -0.2) is 0 Å². The van der Waals surface area contributed by atoms with Crippen LogP contribution in [0.2, 0.25) is 0 Å². The molecule has 0 amide bonds. The summed E-state index contributed by atoms with van der Waals surface area (Å²) in [6, 6.07) is 6.40. The Morgan fingerprint density at radius 3 is 2.91 bits per heavy atom. The van der Waals surface area contributed by atoms with E-state index < -0.39 is 0 Å².